The predicted molar refractivity (Wildman–Crippen MR) is 131 cm³/mol. The molecule has 0 amide bonds. The molecule has 7 nitrogen and oxygen atoms in total. The van der Waals surface area contributed by atoms with Crippen LogP contribution < -0.4 is 15.2 Å². The number of carboxylic acids is 1. The Morgan fingerprint density at radius 1 is 1.03 bits per heavy atom. The molecule has 0 saturated heterocycles. The number of nitrogens with zero attached hydrogens (tertiary/aromatic N) is 2. The maximum Gasteiger partial charge on any atom is 0.305 e. The average Bonchev–Trinajstić information content (AvgIpc) is 3.29. The fraction of sp³-hybridized carbons (Fsp3) is 0.160. The molecule has 0 fully saturated rings. The Labute approximate surface area is 205 Å². The molecule has 0 bridgehead atoms. The van der Waals surface area contributed by atoms with E-state index in [0.717, 1.165) is 5.56 Å². The van der Waals surface area contributed by atoms with E-state index < -0.39 is 11.5 Å². The summed E-state index contributed by atoms with van der Waals surface area (Å²) in [6, 6.07) is 22.5. The van der Waals surface area contributed by atoms with Gasteiger partial charge < -0.3 is 20.3 Å². The van der Waals surface area contributed by atoms with E-state index in [-0.39, 0.29) is 6.42 Å². The molecule has 4 aromatic rings. The van der Waals surface area contributed by atoms with Crippen LogP contribution >= 0.6 is 22.9 Å². The lowest BCUT2D eigenvalue weighted by Gasteiger charge is -2.18. The van der Waals surface area contributed by atoms with Gasteiger partial charge in [0.15, 0.2) is 0 Å². The monoisotopic (exact) mass is 495 g/mol. The Kier molecular flexibility index (Phi) is 7.12. The summed E-state index contributed by atoms with van der Waals surface area (Å²) in [6.45, 7) is 2.07. The standard InChI is InChI=1S/C25H22ClN3O4S/c1-25(27,14-22(30)31)24-29-28-23(34-24)20-11-10-19(13-21(20)26)33-18-9-5-8-17(12-18)32-15-16-6-3-2-4-7-16/h2-13H,14-15,27H2,1H3,(H,30,31)/t25-/m0/s1. The summed E-state index contributed by atoms with van der Waals surface area (Å²) in [5, 5.41) is 18.7. The average molecular weight is 496 g/mol. The van der Waals surface area contributed by atoms with Gasteiger partial charge in [-0.2, -0.15) is 0 Å². The quantitative estimate of drug-likeness (QED) is 0.298. The van der Waals surface area contributed by atoms with Crippen LogP contribution in [0.4, 0.5) is 0 Å². The molecule has 0 aliphatic carbocycles. The van der Waals surface area contributed by atoms with Crippen molar-refractivity contribution in [3.63, 3.8) is 0 Å². The molecule has 174 valence electrons. The molecule has 0 aliphatic rings. The lowest BCUT2D eigenvalue weighted by molar-refractivity contribution is -0.138. The Hall–Kier alpha value is -3.46. The third-order valence-corrected chi connectivity index (χ3v) is 6.44. The van der Waals surface area contributed by atoms with E-state index in [1.54, 1.807) is 25.1 Å². The fourth-order valence-electron chi connectivity index (χ4n) is 3.19. The zero-order valence-electron chi connectivity index (χ0n) is 18.3. The van der Waals surface area contributed by atoms with Crippen LogP contribution in [0, 0.1) is 0 Å². The molecular formula is C25H22ClN3O4S. The maximum atomic E-state index is 11.1. The molecule has 0 aliphatic heterocycles. The van der Waals surface area contributed by atoms with Crippen molar-refractivity contribution in [1.29, 1.82) is 0 Å². The lowest BCUT2D eigenvalue weighted by Crippen LogP contribution is -2.35. The fourth-order valence-corrected chi connectivity index (χ4v) is 4.45. The largest absolute Gasteiger partial charge is 0.489 e. The molecule has 3 aromatic carbocycles. The molecule has 4 rings (SSSR count). The molecular weight excluding hydrogens is 474 g/mol. The summed E-state index contributed by atoms with van der Waals surface area (Å²) in [5.74, 6) is 0.848. The lowest BCUT2D eigenvalue weighted by atomic mass is 10.0. The minimum absolute atomic E-state index is 0.254. The second kappa shape index (κ2) is 10.2. The van der Waals surface area contributed by atoms with Gasteiger partial charge in [0.05, 0.1) is 17.0 Å². The molecule has 1 aromatic heterocycles. The first-order chi connectivity index (χ1) is 16.3. The zero-order valence-corrected chi connectivity index (χ0v) is 19.8. The number of carboxylic acid groups (broad SMARTS) is 1. The van der Waals surface area contributed by atoms with Crippen molar-refractivity contribution in [2.75, 3.05) is 0 Å². The molecule has 0 radical (unpaired) electrons. The first-order valence-electron chi connectivity index (χ1n) is 10.4. The van der Waals surface area contributed by atoms with Crippen LogP contribution in [0.2, 0.25) is 5.02 Å². The van der Waals surface area contributed by atoms with Gasteiger partial charge in [0.1, 0.15) is 33.9 Å². The van der Waals surface area contributed by atoms with E-state index in [0.29, 0.717) is 44.5 Å². The summed E-state index contributed by atoms with van der Waals surface area (Å²) in [6.07, 6.45) is -0.254. The van der Waals surface area contributed by atoms with Crippen molar-refractivity contribution in [1.82, 2.24) is 10.2 Å². The molecule has 1 heterocycles. The number of carbonyl (C=O) groups is 1. The van der Waals surface area contributed by atoms with Gasteiger partial charge in [-0.15, -0.1) is 10.2 Å². The van der Waals surface area contributed by atoms with Crippen LogP contribution in [-0.2, 0) is 16.9 Å². The maximum absolute atomic E-state index is 11.1. The van der Waals surface area contributed by atoms with Crippen molar-refractivity contribution in [3.8, 4) is 27.8 Å². The molecule has 0 spiro atoms. The molecule has 3 N–H and O–H groups in total. The van der Waals surface area contributed by atoms with Crippen molar-refractivity contribution < 1.29 is 19.4 Å². The van der Waals surface area contributed by atoms with Crippen LogP contribution in [0.5, 0.6) is 17.2 Å². The van der Waals surface area contributed by atoms with E-state index >= 15 is 0 Å². The van der Waals surface area contributed by atoms with E-state index in [1.165, 1.54) is 11.3 Å². The highest BCUT2D eigenvalue weighted by Gasteiger charge is 2.29. The van der Waals surface area contributed by atoms with Crippen LogP contribution in [0.3, 0.4) is 0 Å². The number of nitrogens with two attached hydrogens (primary N) is 1. The third-order valence-electron chi connectivity index (χ3n) is 4.89. The Balaban J connectivity index is 1.45. The van der Waals surface area contributed by atoms with Gasteiger partial charge in [-0.25, -0.2) is 0 Å². The number of rotatable bonds is 9. The second-order valence-electron chi connectivity index (χ2n) is 7.89. The summed E-state index contributed by atoms with van der Waals surface area (Å²) >= 11 is 7.71. The van der Waals surface area contributed by atoms with Gasteiger partial charge in [0, 0.05) is 17.7 Å². The Bertz CT molecular complexity index is 1290. The second-order valence-corrected chi connectivity index (χ2v) is 9.28. The van der Waals surface area contributed by atoms with Crippen LogP contribution in [0.1, 0.15) is 23.9 Å². The number of hydrogen-bond acceptors (Lipinski definition) is 7. The summed E-state index contributed by atoms with van der Waals surface area (Å²) in [7, 11) is 0. The SMILES string of the molecule is C[C@](N)(CC(=O)O)c1nnc(-c2ccc(Oc3cccc(OCc4ccccc4)c3)cc2Cl)s1. The number of halogens is 1. The summed E-state index contributed by atoms with van der Waals surface area (Å²) in [5.41, 5.74) is 6.72. The number of aliphatic carboxylic acids is 1. The number of hydrogen-bond donors (Lipinski definition) is 2. The molecule has 9 heteroatoms. The van der Waals surface area contributed by atoms with Gasteiger partial charge in [-0.1, -0.05) is 59.3 Å². The van der Waals surface area contributed by atoms with Gasteiger partial charge >= 0.3 is 5.97 Å². The minimum Gasteiger partial charge on any atom is -0.489 e. The van der Waals surface area contributed by atoms with Gasteiger partial charge in [0.25, 0.3) is 0 Å². The summed E-state index contributed by atoms with van der Waals surface area (Å²) in [4.78, 5) is 11.1. The smallest absolute Gasteiger partial charge is 0.305 e. The Morgan fingerprint density at radius 3 is 2.50 bits per heavy atom. The minimum atomic E-state index is -1.12. The van der Waals surface area contributed by atoms with Crippen LogP contribution in [0.25, 0.3) is 10.6 Å². The van der Waals surface area contributed by atoms with Crippen molar-refractivity contribution in [3.05, 3.63) is 88.4 Å². The van der Waals surface area contributed by atoms with E-state index in [4.69, 9.17) is 31.9 Å². The first kappa shape index (κ1) is 23.7. The highest BCUT2D eigenvalue weighted by atomic mass is 35.5. The van der Waals surface area contributed by atoms with Gasteiger partial charge in [-0.3, -0.25) is 4.79 Å². The predicted octanol–water partition coefficient (Wildman–Crippen LogP) is 5.88. The van der Waals surface area contributed by atoms with E-state index in [2.05, 4.69) is 10.2 Å². The normalized spacial score (nSPS) is 12.7. The van der Waals surface area contributed by atoms with E-state index in [9.17, 15) is 4.79 Å². The zero-order chi connectivity index (χ0) is 24.1. The number of aromatic nitrogens is 2. The van der Waals surface area contributed by atoms with Crippen molar-refractivity contribution >= 4 is 28.9 Å². The van der Waals surface area contributed by atoms with Crippen LogP contribution in [0.15, 0.2) is 72.8 Å². The number of ether oxygens (including phenoxy) is 2. The topological polar surface area (TPSA) is 108 Å². The van der Waals surface area contributed by atoms with E-state index in [1.807, 2.05) is 54.6 Å². The molecule has 1 atom stereocenters. The third kappa shape index (κ3) is 5.91. The first-order valence-corrected chi connectivity index (χ1v) is 11.6. The molecule has 34 heavy (non-hydrogen) atoms. The Morgan fingerprint density at radius 2 is 1.76 bits per heavy atom. The summed E-state index contributed by atoms with van der Waals surface area (Å²) < 4.78 is 11.8. The molecule has 0 saturated carbocycles. The van der Waals surface area contributed by atoms with Crippen molar-refractivity contribution in [2.45, 2.75) is 25.5 Å². The van der Waals surface area contributed by atoms with Crippen molar-refractivity contribution in [2.24, 2.45) is 5.73 Å². The number of benzene rings is 3. The van der Waals surface area contributed by atoms with Crippen LogP contribution in [-0.4, -0.2) is 21.3 Å². The molecule has 0 unspecified atom stereocenters. The highest BCUT2D eigenvalue weighted by molar-refractivity contribution is 7.14. The van der Waals surface area contributed by atoms with Gasteiger partial charge in [0.2, 0.25) is 0 Å². The van der Waals surface area contributed by atoms with Gasteiger partial charge in [-0.05, 0) is 36.8 Å². The highest BCUT2D eigenvalue weighted by Crippen LogP contribution is 2.37.